The largest absolute Gasteiger partial charge is 0.318 e. The number of para-hydroxylation sites is 1. The lowest BCUT2D eigenvalue weighted by atomic mass is 10.3. The molecule has 98 valence electrons. The van der Waals surface area contributed by atoms with Crippen LogP contribution in [0.5, 0.6) is 0 Å². The van der Waals surface area contributed by atoms with Gasteiger partial charge in [0, 0.05) is 12.6 Å². The highest BCUT2D eigenvalue weighted by atomic mass is 19.1. The number of nitrogens with zero attached hydrogens (tertiary/aromatic N) is 2. The fraction of sp³-hybridized carbons (Fsp3) is 0.154. The molecule has 1 aromatic carbocycles. The molecule has 0 unspecified atom stereocenters. The molecule has 0 bridgehead atoms. The van der Waals surface area contributed by atoms with E-state index in [1.807, 2.05) is 0 Å². The van der Waals surface area contributed by atoms with E-state index in [1.165, 1.54) is 30.3 Å². The van der Waals surface area contributed by atoms with Crippen molar-refractivity contribution >= 4 is 11.6 Å². The molecule has 5 nitrogen and oxygen atoms in total. The summed E-state index contributed by atoms with van der Waals surface area (Å²) in [6, 6.07) is 8.40. The lowest BCUT2D eigenvalue weighted by Gasteiger charge is -2.07. The Bertz CT molecular complexity index is 667. The van der Waals surface area contributed by atoms with Gasteiger partial charge in [0.1, 0.15) is 11.5 Å². The summed E-state index contributed by atoms with van der Waals surface area (Å²) in [4.78, 5) is 23.2. The van der Waals surface area contributed by atoms with Crippen LogP contribution < -0.4 is 10.9 Å². The first-order valence-electron chi connectivity index (χ1n) is 5.76. The summed E-state index contributed by atoms with van der Waals surface area (Å²) in [6.07, 6.45) is 0. The van der Waals surface area contributed by atoms with Crippen molar-refractivity contribution < 1.29 is 9.18 Å². The maximum absolute atomic E-state index is 13.4. The predicted octanol–water partition coefficient (Wildman–Crippen LogP) is 1.65. The standard InChI is InChI=1S/C13H12FN3O2/c1-2-17-12(18)8-7-11(16-17)13(19)15-10-6-4-3-5-9(10)14/h3-8H,2H2,1H3,(H,15,19). The second kappa shape index (κ2) is 5.43. The Hall–Kier alpha value is -2.50. The molecule has 0 saturated heterocycles. The molecule has 6 heteroatoms. The van der Waals surface area contributed by atoms with Crippen molar-refractivity contribution in [2.45, 2.75) is 13.5 Å². The van der Waals surface area contributed by atoms with Crippen molar-refractivity contribution in [2.75, 3.05) is 5.32 Å². The number of amides is 1. The lowest BCUT2D eigenvalue weighted by Crippen LogP contribution is -2.25. The molecule has 0 radical (unpaired) electrons. The van der Waals surface area contributed by atoms with Crippen molar-refractivity contribution in [3.63, 3.8) is 0 Å². The predicted molar refractivity (Wildman–Crippen MR) is 68.5 cm³/mol. The maximum atomic E-state index is 13.4. The molecule has 1 aromatic heterocycles. The first-order chi connectivity index (χ1) is 9.11. The summed E-state index contributed by atoms with van der Waals surface area (Å²) in [5, 5.41) is 6.29. The minimum Gasteiger partial charge on any atom is -0.318 e. The third-order valence-electron chi connectivity index (χ3n) is 2.52. The van der Waals surface area contributed by atoms with Gasteiger partial charge < -0.3 is 5.32 Å². The second-order valence-corrected chi connectivity index (χ2v) is 3.81. The Kier molecular flexibility index (Phi) is 3.70. The van der Waals surface area contributed by atoms with Crippen LogP contribution >= 0.6 is 0 Å². The Morgan fingerprint density at radius 2 is 2.05 bits per heavy atom. The van der Waals surface area contributed by atoms with Crippen LogP contribution in [0.1, 0.15) is 17.4 Å². The SMILES string of the molecule is CCn1nc(C(=O)Nc2ccccc2F)ccc1=O. The summed E-state index contributed by atoms with van der Waals surface area (Å²) in [5.41, 5.74) is -0.154. The van der Waals surface area contributed by atoms with Gasteiger partial charge in [-0.1, -0.05) is 12.1 Å². The van der Waals surface area contributed by atoms with Crippen molar-refractivity contribution in [1.82, 2.24) is 9.78 Å². The molecular formula is C13H12FN3O2. The van der Waals surface area contributed by atoms with Gasteiger partial charge in [0.15, 0.2) is 0 Å². The van der Waals surface area contributed by atoms with Gasteiger partial charge in [-0.05, 0) is 25.1 Å². The Balaban J connectivity index is 2.26. The minimum absolute atomic E-state index is 0.0599. The first kappa shape index (κ1) is 12.9. The fourth-order valence-electron chi connectivity index (χ4n) is 1.55. The normalized spacial score (nSPS) is 10.2. The third kappa shape index (κ3) is 2.85. The summed E-state index contributed by atoms with van der Waals surface area (Å²) in [7, 11) is 0. The van der Waals surface area contributed by atoms with Gasteiger partial charge >= 0.3 is 0 Å². The van der Waals surface area contributed by atoms with E-state index in [4.69, 9.17) is 0 Å². The molecule has 1 heterocycles. The number of aromatic nitrogens is 2. The van der Waals surface area contributed by atoms with Crippen LogP contribution in [0.3, 0.4) is 0 Å². The number of hydrogen-bond donors (Lipinski definition) is 1. The summed E-state index contributed by atoms with van der Waals surface area (Å²) in [5.74, 6) is -1.09. The zero-order valence-electron chi connectivity index (χ0n) is 10.3. The zero-order chi connectivity index (χ0) is 13.8. The number of carbonyl (C=O) groups is 1. The Labute approximate surface area is 108 Å². The van der Waals surface area contributed by atoms with Crippen LogP contribution in [0.2, 0.25) is 0 Å². The first-order valence-corrected chi connectivity index (χ1v) is 5.76. The smallest absolute Gasteiger partial charge is 0.276 e. The van der Waals surface area contributed by atoms with Gasteiger partial charge in [0.2, 0.25) is 0 Å². The van der Waals surface area contributed by atoms with Crippen molar-refractivity contribution in [3.8, 4) is 0 Å². The summed E-state index contributed by atoms with van der Waals surface area (Å²) in [6.45, 7) is 2.10. The van der Waals surface area contributed by atoms with Gasteiger partial charge in [-0.2, -0.15) is 5.10 Å². The molecule has 0 aliphatic carbocycles. The fourth-order valence-corrected chi connectivity index (χ4v) is 1.55. The van der Waals surface area contributed by atoms with Gasteiger partial charge in [0.05, 0.1) is 5.69 Å². The van der Waals surface area contributed by atoms with E-state index in [1.54, 1.807) is 13.0 Å². The number of aryl methyl sites for hydroxylation is 1. The lowest BCUT2D eigenvalue weighted by molar-refractivity contribution is 0.101. The quantitative estimate of drug-likeness (QED) is 0.913. The van der Waals surface area contributed by atoms with Gasteiger partial charge in [-0.15, -0.1) is 0 Å². The molecule has 0 aliphatic heterocycles. The number of halogens is 1. The molecule has 0 spiro atoms. The topological polar surface area (TPSA) is 64.0 Å². The Morgan fingerprint density at radius 3 is 2.74 bits per heavy atom. The molecule has 2 aromatic rings. The summed E-state index contributed by atoms with van der Waals surface area (Å²) < 4.78 is 14.5. The zero-order valence-corrected chi connectivity index (χ0v) is 10.3. The van der Waals surface area contributed by atoms with E-state index in [9.17, 15) is 14.0 Å². The van der Waals surface area contributed by atoms with Crippen molar-refractivity contribution in [2.24, 2.45) is 0 Å². The molecule has 1 N–H and O–H groups in total. The van der Waals surface area contributed by atoms with Gasteiger partial charge in [-0.3, -0.25) is 9.59 Å². The highest BCUT2D eigenvalue weighted by molar-refractivity contribution is 6.02. The number of nitrogens with one attached hydrogen (secondary N) is 1. The monoisotopic (exact) mass is 261 g/mol. The molecule has 0 fully saturated rings. The Morgan fingerprint density at radius 1 is 1.32 bits per heavy atom. The van der Waals surface area contributed by atoms with Crippen LogP contribution in [0, 0.1) is 5.82 Å². The second-order valence-electron chi connectivity index (χ2n) is 3.81. The van der Waals surface area contributed by atoms with Crippen molar-refractivity contribution in [3.05, 3.63) is 58.3 Å². The van der Waals surface area contributed by atoms with E-state index in [0.717, 1.165) is 4.68 Å². The summed E-state index contributed by atoms with van der Waals surface area (Å²) >= 11 is 0. The molecule has 0 aliphatic rings. The van der Waals surface area contributed by atoms with Crippen LogP contribution in [0.15, 0.2) is 41.2 Å². The minimum atomic E-state index is -0.563. The molecule has 19 heavy (non-hydrogen) atoms. The van der Waals surface area contributed by atoms with E-state index < -0.39 is 11.7 Å². The molecule has 0 atom stereocenters. The molecular weight excluding hydrogens is 249 g/mol. The van der Waals surface area contributed by atoms with Crippen LogP contribution in [0.4, 0.5) is 10.1 Å². The number of anilines is 1. The highest BCUT2D eigenvalue weighted by Gasteiger charge is 2.11. The van der Waals surface area contributed by atoms with E-state index in [2.05, 4.69) is 10.4 Å². The number of hydrogen-bond acceptors (Lipinski definition) is 3. The third-order valence-corrected chi connectivity index (χ3v) is 2.52. The average Bonchev–Trinajstić information content (AvgIpc) is 2.42. The van der Waals surface area contributed by atoms with E-state index in [-0.39, 0.29) is 16.9 Å². The van der Waals surface area contributed by atoms with Crippen LogP contribution in [-0.2, 0) is 6.54 Å². The number of rotatable bonds is 3. The van der Waals surface area contributed by atoms with Gasteiger partial charge in [-0.25, -0.2) is 9.07 Å². The van der Waals surface area contributed by atoms with Gasteiger partial charge in [0.25, 0.3) is 11.5 Å². The molecule has 1 amide bonds. The van der Waals surface area contributed by atoms with Crippen molar-refractivity contribution in [1.29, 1.82) is 0 Å². The maximum Gasteiger partial charge on any atom is 0.276 e. The van der Waals surface area contributed by atoms with Crippen LogP contribution in [-0.4, -0.2) is 15.7 Å². The van der Waals surface area contributed by atoms with E-state index in [0.29, 0.717) is 6.54 Å². The molecule has 2 rings (SSSR count). The number of carbonyl (C=O) groups excluding carboxylic acids is 1. The highest BCUT2D eigenvalue weighted by Crippen LogP contribution is 2.13. The van der Waals surface area contributed by atoms with E-state index >= 15 is 0 Å². The number of benzene rings is 1. The molecule has 0 saturated carbocycles. The average molecular weight is 261 g/mol. The van der Waals surface area contributed by atoms with Crippen LogP contribution in [0.25, 0.3) is 0 Å².